The number of nitrogens with one attached hydrogen (secondary N) is 1. The zero-order valence-corrected chi connectivity index (χ0v) is 10.9. The fourth-order valence-electron chi connectivity index (χ4n) is 1.99. The highest BCUT2D eigenvalue weighted by Crippen LogP contribution is 2.34. The number of halogens is 3. The zero-order chi connectivity index (χ0) is 14.6. The van der Waals surface area contributed by atoms with Gasteiger partial charge in [0.05, 0.1) is 18.3 Å². The summed E-state index contributed by atoms with van der Waals surface area (Å²) >= 11 is 0. The van der Waals surface area contributed by atoms with Gasteiger partial charge < -0.3 is 5.32 Å². The van der Waals surface area contributed by atoms with Gasteiger partial charge in [-0.25, -0.2) is 0 Å². The van der Waals surface area contributed by atoms with E-state index in [9.17, 15) is 13.2 Å². The summed E-state index contributed by atoms with van der Waals surface area (Å²) in [5.74, 6) is 0. The van der Waals surface area contributed by atoms with Crippen LogP contribution in [0.5, 0.6) is 0 Å². The van der Waals surface area contributed by atoms with E-state index < -0.39 is 17.8 Å². The molecule has 1 N–H and O–H groups in total. The van der Waals surface area contributed by atoms with E-state index in [0.29, 0.717) is 13.1 Å². The summed E-state index contributed by atoms with van der Waals surface area (Å²) in [6, 6.07) is 5.21. The molecule has 0 saturated heterocycles. The number of aromatic nitrogens is 3. The number of hydrogen-bond donors (Lipinski definition) is 1. The highest BCUT2D eigenvalue weighted by Gasteiger charge is 2.33. The third-order valence-corrected chi connectivity index (χ3v) is 3.00. The monoisotopic (exact) mass is 284 g/mol. The van der Waals surface area contributed by atoms with E-state index in [1.165, 1.54) is 12.1 Å². The van der Waals surface area contributed by atoms with Gasteiger partial charge in [0.15, 0.2) is 0 Å². The summed E-state index contributed by atoms with van der Waals surface area (Å²) in [7, 11) is 0. The first kappa shape index (κ1) is 14.5. The van der Waals surface area contributed by atoms with Crippen LogP contribution in [-0.2, 0) is 12.7 Å². The lowest BCUT2D eigenvalue weighted by atomic mass is 10.0. The summed E-state index contributed by atoms with van der Waals surface area (Å²) < 4.78 is 40.3. The molecule has 4 nitrogen and oxygen atoms in total. The Labute approximate surface area is 114 Å². The summed E-state index contributed by atoms with van der Waals surface area (Å²) in [5, 5.41) is 10.5. The number of rotatable bonds is 5. The smallest absolute Gasteiger partial charge is 0.308 e. The van der Waals surface area contributed by atoms with Crippen molar-refractivity contribution >= 4 is 0 Å². The van der Waals surface area contributed by atoms with Crippen LogP contribution in [0.4, 0.5) is 13.2 Å². The first-order valence-electron chi connectivity index (χ1n) is 6.22. The molecule has 108 valence electrons. The normalized spacial score (nSPS) is 13.4. The van der Waals surface area contributed by atoms with Crippen LogP contribution in [0, 0.1) is 0 Å². The zero-order valence-electron chi connectivity index (χ0n) is 10.9. The molecule has 0 bridgehead atoms. The van der Waals surface area contributed by atoms with E-state index in [1.54, 1.807) is 30.1 Å². The Hall–Kier alpha value is -1.89. The minimum absolute atomic E-state index is 0.249. The van der Waals surface area contributed by atoms with Gasteiger partial charge >= 0.3 is 6.18 Å². The minimum Gasteiger partial charge on any atom is -0.308 e. The Balaban J connectivity index is 2.00. The van der Waals surface area contributed by atoms with Gasteiger partial charge in [-0.3, -0.25) is 4.68 Å². The van der Waals surface area contributed by atoms with E-state index in [-0.39, 0.29) is 5.56 Å². The molecule has 20 heavy (non-hydrogen) atoms. The fraction of sp³-hybridized carbons (Fsp3) is 0.385. The van der Waals surface area contributed by atoms with Crippen LogP contribution >= 0.6 is 0 Å². The summed E-state index contributed by atoms with van der Waals surface area (Å²) in [4.78, 5) is 0. The third-order valence-electron chi connectivity index (χ3n) is 3.00. The first-order valence-corrected chi connectivity index (χ1v) is 6.22. The van der Waals surface area contributed by atoms with Crippen LogP contribution in [0.2, 0.25) is 0 Å². The van der Waals surface area contributed by atoms with Crippen LogP contribution < -0.4 is 5.32 Å². The molecular weight excluding hydrogens is 269 g/mol. The molecule has 0 amide bonds. The number of alkyl halides is 3. The molecule has 2 rings (SSSR count). The van der Waals surface area contributed by atoms with Crippen molar-refractivity contribution in [2.24, 2.45) is 0 Å². The Morgan fingerprint density at radius 2 is 2.05 bits per heavy atom. The van der Waals surface area contributed by atoms with Gasteiger partial charge in [0.2, 0.25) is 0 Å². The quantitative estimate of drug-likeness (QED) is 0.918. The van der Waals surface area contributed by atoms with E-state index in [2.05, 4.69) is 15.6 Å². The second-order valence-electron chi connectivity index (χ2n) is 4.43. The molecule has 1 atom stereocenters. The molecule has 0 aliphatic heterocycles. The standard InChI is InChI=1S/C13H15F3N4/c1-10(17-6-8-20-9-7-18-19-20)11-4-2-3-5-12(11)13(14,15)16/h2-5,7,9-10,17H,6,8H2,1H3. The van der Waals surface area contributed by atoms with Crippen molar-refractivity contribution in [1.82, 2.24) is 20.3 Å². The molecule has 7 heteroatoms. The minimum atomic E-state index is -4.33. The Morgan fingerprint density at radius 3 is 2.70 bits per heavy atom. The highest BCUT2D eigenvalue weighted by molar-refractivity contribution is 5.31. The topological polar surface area (TPSA) is 42.7 Å². The van der Waals surface area contributed by atoms with Crippen LogP contribution in [-0.4, -0.2) is 21.5 Å². The predicted octanol–water partition coefficient (Wildman–Crippen LogP) is 2.65. The Bertz CT molecular complexity index is 537. The molecule has 0 saturated carbocycles. The molecule has 1 aromatic carbocycles. The van der Waals surface area contributed by atoms with E-state index in [4.69, 9.17) is 0 Å². The molecule has 0 aliphatic carbocycles. The molecule has 0 aliphatic rings. The van der Waals surface area contributed by atoms with Gasteiger partial charge in [0.1, 0.15) is 0 Å². The average molecular weight is 284 g/mol. The Morgan fingerprint density at radius 1 is 1.30 bits per heavy atom. The van der Waals surface area contributed by atoms with E-state index in [1.807, 2.05) is 0 Å². The van der Waals surface area contributed by atoms with Crippen molar-refractivity contribution in [2.75, 3.05) is 6.54 Å². The highest BCUT2D eigenvalue weighted by atomic mass is 19.4. The van der Waals surface area contributed by atoms with Crippen molar-refractivity contribution in [3.05, 3.63) is 47.8 Å². The van der Waals surface area contributed by atoms with Gasteiger partial charge in [0.25, 0.3) is 0 Å². The summed E-state index contributed by atoms with van der Waals surface area (Å²) in [5.41, 5.74) is -0.348. The predicted molar refractivity (Wildman–Crippen MR) is 67.9 cm³/mol. The van der Waals surface area contributed by atoms with Crippen LogP contribution in [0.15, 0.2) is 36.7 Å². The SMILES string of the molecule is CC(NCCn1ccnn1)c1ccccc1C(F)(F)F. The van der Waals surface area contributed by atoms with Crippen LogP contribution in [0.1, 0.15) is 24.1 Å². The Kier molecular flexibility index (Phi) is 4.39. The number of hydrogen-bond acceptors (Lipinski definition) is 3. The lowest BCUT2D eigenvalue weighted by Gasteiger charge is -2.19. The van der Waals surface area contributed by atoms with Gasteiger partial charge in [-0.15, -0.1) is 5.10 Å². The molecule has 0 fully saturated rings. The maximum atomic E-state index is 12.9. The van der Waals surface area contributed by atoms with Crippen molar-refractivity contribution in [2.45, 2.75) is 25.7 Å². The molecule has 2 aromatic rings. The largest absolute Gasteiger partial charge is 0.416 e. The van der Waals surface area contributed by atoms with Crippen LogP contribution in [0.25, 0.3) is 0 Å². The molecule has 1 heterocycles. The molecular formula is C13H15F3N4. The van der Waals surface area contributed by atoms with Gasteiger partial charge in [-0.1, -0.05) is 23.4 Å². The van der Waals surface area contributed by atoms with Crippen molar-refractivity contribution in [1.29, 1.82) is 0 Å². The summed E-state index contributed by atoms with van der Waals surface area (Å²) in [6.07, 6.45) is -1.07. The molecule has 0 spiro atoms. The van der Waals surface area contributed by atoms with Crippen LogP contribution in [0.3, 0.4) is 0 Å². The third kappa shape index (κ3) is 3.57. The maximum Gasteiger partial charge on any atom is 0.416 e. The van der Waals surface area contributed by atoms with Gasteiger partial charge in [-0.2, -0.15) is 13.2 Å². The van der Waals surface area contributed by atoms with Crippen molar-refractivity contribution in [3.63, 3.8) is 0 Å². The molecule has 0 radical (unpaired) electrons. The summed E-state index contributed by atoms with van der Waals surface area (Å²) in [6.45, 7) is 2.78. The van der Waals surface area contributed by atoms with Gasteiger partial charge in [-0.05, 0) is 18.6 Å². The average Bonchev–Trinajstić information content (AvgIpc) is 2.91. The lowest BCUT2D eigenvalue weighted by molar-refractivity contribution is -0.138. The van der Waals surface area contributed by atoms with Crippen molar-refractivity contribution in [3.8, 4) is 0 Å². The second-order valence-corrected chi connectivity index (χ2v) is 4.43. The van der Waals surface area contributed by atoms with E-state index in [0.717, 1.165) is 6.07 Å². The van der Waals surface area contributed by atoms with Gasteiger partial charge in [0, 0.05) is 18.8 Å². The number of nitrogens with zero attached hydrogens (tertiary/aromatic N) is 3. The fourth-order valence-corrected chi connectivity index (χ4v) is 1.99. The first-order chi connectivity index (χ1) is 9.48. The van der Waals surface area contributed by atoms with Crippen molar-refractivity contribution < 1.29 is 13.2 Å². The lowest BCUT2D eigenvalue weighted by Crippen LogP contribution is -2.25. The maximum absolute atomic E-state index is 12.9. The second kappa shape index (κ2) is 6.04. The molecule has 1 aromatic heterocycles. The number of benzene rings is 1. The molecule has 1 unspecified atom stereocenters. The van der Waals surface area contributed by atoms with E-state index >= 15 is 0 Å².